The number of nitrogens with zero attached hydrogens (tertiary/aromatic N) is 1. The summed E-state index contributed by atoms with van der Waals surface area (Å²) in [6.45, 7) is 36.3. The number of carbonyl (C=O) groups is 11. The average molecular weight is 1690 g/mol. The van der Waals surface area contributed by atoms with E-state index in [0.717, 1.165) is 113 Å². The minimum absolute atomic E-state index is 0.0379. The van der Waals surface area contributed by atoms with Gasteiger partial charge in [0.25, 0.3) is 0 Å². The predicted molar refractivity (Wildman–Crippen MR) is 456 cm³/mol. The Bertz CT molecular complexity index is 2480. The van der Waals surface area contributed by atoms with Crippen LogP contribution in [0.2, 0.25) is 0 Å². The van der Waals surface area contributed by atoms with Crippen LogP contribution in [-0.4, -0.2) is 211 Å². The lowest BCUT2D eigenvalue weighted by Crippen LogP contribution is -2.47. The monoisotopic (exact) mass is 1690 g/mol. The molecule has 6 atom stereocenters. The third-order valence-electron chi connectivity index (χ3n) is 19.4. The molecule has 3 N–H and O–H groups in total. The summed E-state index contributed by atoms with van der Waals surface area (Å²) in [5, 5.41) is 38.4. The summed E-state index contributed by atoms with van der Waals surface area (Å²) in [6.07, 6.45) is 35.2. The van der Waals surface area contributed by atoms with Gasteiger partial charge in [-0.25, -0.2) is 9.59 Å². The van der Waals surface area contributed by atoms with Gasteiger partial charge in [0.15, 0.2) is 0 Å². The number of quaternary nitrogens is 1. The Morgan fingerprint density at radius 2 is 0.729 bits per heavy atom. The van der Waals surface area contributed by atoms with E-state index in [2.05, 4.69) is 48.0 Å². The molecule has 27 heteroatoms. The van der Waals surface area contributed by atoms with E-state index in [4.69, 9.17) is 57.2 Å². The zero-order chi connectivity index (χ0) is 89.9. The van der Waals surface area contributed by atoms with Gasteiger partial charge in [-0.05, 0) is 180 Å². The van der Waals surface area contributed by atoms with Crippen molar-refractivity contribution in [3.8, 4) is 0 Å². The number of unbranched alkanes of at least 4 members (excludes halogenated alkanes) is 20. The van der Waals surface area contributed by atoms with Crippen LogP contribution in [0, 0.1) is 29.1 Å². The summed E-state index contributed by atoms with van der Waals surface area (Å²) in [5.41, 5.74) is -0.486. The zero-order valence-electron chi connectivity index (χ0n) is 76.1. The number of rotatable bonds is 73. The van der Waals surface area contributed by atoms with Crippen molar-refractivity contribution >= 4 is 65.7 Å². The van der Waals surface area contributed by atoms with Crippen LogP contribution in [0.5, 0.6) is 0 Å². The molecular formula is C91H167NO26. The summed E-state index contributed by atoms with van der Waals surface area (Å²) in [6, 6.07) is 0. The second-order valence-electron chi connectivity index (χ2n) is 31.6. The number of carboxylic acid groups (broad SMARTS) is 2. The molecule has 0 saturated carbocycles. The standard InChI is InChI=1S/C24H48NO4.C24H44O6.C21H36O8.2C11H20O4/c1-5-7-8-9-10-11-12-13-14-15-18-25(3,4)21-23(26)22-28-19-16-17-20-29-24(27)6-2;1-6-9-14-20(7-2)19-30-22(26)15-11-10-12-17-28-21(25)16-13-18-29-23(27)24(4,5)8-3;1-4-17(3)21(25)28-14-8-6-7-11-20(24)29-16-18(22)15-26-12-9-10-13-27-19(23)5-2;2*1-3-9(2)11(14)15-8-6-4-5-7-10(12)13/h6,23,26H,2,5,7-22H2,1,3-4H3;20H,6-19H2,1-5H3;5,17-18,22H,2,4,6-16H2,1,3H3;2*9H,3-8H2,1-2H3,(H,12,13)/q+1;;;;/p-1. The van der Waals surface area contributed by atoms with Gasteiger partial charge in [0.1, 0.15) is 25.4 Å². The molecular weight excluding hydrogens is 1520 g/mol. The molecule has 0 aromatic carbocycles. The third-order valence-corrected chi connectivity index (χ3v) is 19.4. The van der Waals surface area contributed by atoms with E-state index in [1.165, 1.54) is 83.1 Å². The number of hydrogen-bond donors (Lipinski definition) is 3. The fourth-order valence-corrected chi connectivity index (χ4v) is 10.4. The van der Waals surface area contributed by atoms with E-state index >= 15 is 0 Å². The Morgan fingerprint density at radius 3 is 1.14 bits per heavy atom. The first-order chi connectivity index (χ1) is 56.2. The van der Waals surface area contributed by atoms with Crippen LogP contribution < -0.4 is 5.11 Å². The van der Waals surface area contributed by atoms with Crippen LogP contribution in [0.1, 0.15) is 340 Å². The molecule has 692 valence electrons. The fraction of sp³-hybridized carbons (Fsp3) is 0.835. The molecule has 0 aromatic rings. The molecule has 0 saturated heterocycles. The molecule has 0 rings (SSSR count). The normalized spacial score (nSPS) is 12.4. The summed E-state index contributed by atoms with van der Waals surface area (Å²) in [4.78, 5) is 123. The number of aliphatic hydroxyl groups excluding tert-OH is 2. The fourth-order valence-electron chi connectivity index (χ4n) is 10.4. The van der Waals surface area contributed by atoms with Gasteiger partial charge in [-0.2, -0.15) is 0 Å². The van der Waals surface area contributed by atoms with Crippen molar-refractivity contribution in [2.45, 2.75) is 352 Å². The minimum Gasteiger partial charge on any atom is -0.550 e. The average Bonchev–Trinajstić information content (AvgIpc) is 0.950. The quantitative estimate of drug-likeness (QED) is 0.0167. The van der Waals surface area contributed by atoms with Crippen LogP contribution >= 0.6 is 0 Å². The maximum Gasteiger partial charge on any atom is 0.330 e. The van der Waals surface area contributed by atoms with E-state index in [1.54, 1.807) is 0 Å². The van der Waals surface area contributed by atoms with Gasteiger partial charge in [-0.1, -0.05) is 153 Å². The maximum atomic E-state index is 11.8. The Balaban J connectivity index is -0.000000464. The Hall–Kier alpha value is -6.55. The van der Waals surface area contributed by atoms with Gasteiger partial charge >= 0.3 is 59.7 Å². The highest BCUT2D eigenvalue weighted by atomic mass is 16.6. The molecule has 0 aliphatic carbocycles. The zero-order valence-corrected chi connectivity index (χ0v) is 76.1. The highest BCUT2D eigenvalue weighted by Gasteiger charge is 2.27. The first kappa shape index (κ1) is 120. The molecule has 0 aromatic heterocycles. The molecule has 118 heavy (non-hydrogen) atoms. The number of likely N-dealkylation sites (N-methyl/N-ethyl adjacent to an activating group) is 1. The smallest absolute Gasteiger partial charge is 0.330 e. The van der Waals surface area contributed by atoms with Crippen molar-refractivity contribution in [2.75, 3.05) is 113 Å². The number of hydrogen-bond acceptors (Lipinski definition) is 25. The van der Waals surface area contributed by atoms with Crippen LogP contribution in [0.15, 0.2) is 25.3 Å². The van der Waals surface area contributed by atoms with Crippen molar-refractivity contribution in [1.82, 2.24) is 0 Å². The number of carbonyl (C=O) groups excluding carboxylic acids is 10. The molecule has 0 heterocycles. The van der Waals surface area contributed by atoms with E-state index in [-0.39, 0.29) is 111 Å². The molecule has 0 aliphatic heterocycles. The lowest BCUT2D eigenvalue weighted by atomic mass is 9.91. The van der Waals surface area contributed by atoms with Crippen LogP contribution in [0.25, 0.3) is 0 Å². The van der Waals surface area contributed by atoms with Crippen molar-refractivity contribution in [1.29, 1.82) is 0 Å². The number of aliphatic carboxylic acids is 2. The van der Waals surface area contributed by atoms with E-state index < -0.39 is 35.5 Å². The van der Waals surface area contributed by atoms with Gasteiger partial charge in [-0.3, -0.25) is 38.4 Å². The molecule has 0 aliphatic rings. The van der Waals surface area contributed by atoms with Gasteiger partial charge in [-0.15, -0.1) is 0 Å². The molecule has 0 bridgehead atoms. The second kappa shape index (κ2) is 85.4. The third kappa shape index (κ3) is 87.3. The number of esters is 9. The van der Waals surface area contributed by atoms with E-state index in [9.17, 15) is 68.1 Å². The van der Waals surface area contributed by atoms with Crippen molar-refractivity contribution < 1.29 is 130 Å². The SMILES string of the molecule is C=CC(=O)OCCCCOCC(O)COC(=O)CCCCCOC(=O)C(C)CC.C=CC(=O)OCCCCOCC(O)C[N+](C)(C)CCCCCCCCCCCC.CCC(C)C(=O)OCCCCCC(=O)O.CCC(C)C(=O)OCCCCCC(=O)[O-].CCCCC(CC)COC(=O)CCCCCOC(=O)CCCOC(=O)C(C)(C)CC. The van der Waals surface area contributed by atoms with Crippen LogP contribution in [0.3, 0.4) is 0 Å². The summed E-state index contributed by atoms with van der Waals surface area (Å²) in [5.74, 6) is -3.86. The Labute approximate surface area is 711 Å². The minimum atomic E-state index is -1.02. The highest BCUT2D eigenvalue weighted by Crippen LogP contribution is 2.22. The van der Waals surface area contributed by atoms with Gasteiger partial charge in [0, 0.05) is 57.0 Å². The van der Waals surface area contributed by atoms with Crippen molar-refractivity contribution in [3.63, 3.8) is 0 Å². The lowest BCUT2D eigenvalue weighted by molar-refractivity contribution is -0.893. The second-order valence-corrected chi connectivity index (χ2v) is 31.6. The number of carboxylic acids is 2. The van der Waals surface area contributed by atoms with E-state index in [0.29, 0.717) is 136 Å². The molecule has 6 unspecified atom stereocenters. The summed E-state index contributed by atoms with van der Waals surface area (Å²) in [7, 11) is 4.37. The molecule has 0 spiro atoms. The van der Waals surface area contributed by atoms with Crippen LogP contribution in [-0.2, 0) is 105 Å². The van der Waals surface area contributed by atoms with Crippen molar-refractivity contribution in [2.24, 2.45) is 29.1 Å². The largest absolute Gasteiger partial charge is 0.550 e. The van der Waals surface area contributed by atoms with Crippen molar-refractivity contribution in [3.05, 3.63) is 25.3 Å². The lowest BCUT2D eigenvalue weighted by Gasteiger charge is -2.32. The molecule has 0 amide bonds. The summed E-state index contributed by atoms with van der Waals surface area (Å²) < 4.78 is 57.3. The first-order valence-electron chi connectivity index (χ1n) is 44.7. The Morgan fingerprint density at radius 1 is 0.381 bits per heavy atom. The molecule has 0 radical (unpaired) electrons. The first-order valence-corrected chi connectivity index (χ1v) is 44.7. The van der Waals surface area contributed by atoms with Crippen LogP contribution in [0.4, 0.5) is 0 Å². The summed E-state index contributed by atoms with van der Waals surface area (Å²) >= 11 is 0. The Kier molecular flexibility index (Phi) is 86.9. The topological polar surface area (TPSA) is 373 Å². The maximum absolute atomic E-state index is 11.8. The van der Waals surface area contributed by atoms with Gasteiger partial charge in [0.2, 0.25) is 0 Å². The van der Waals surface area contributed by atoms with Gasteiger partial charge in [0.05, 0.1) is 110 Å². The van der Waals surface area contributed by atoms with Gasteiger partial charge < -0.3 is 81.8 Å². The number of aliphatic hydroxyl groups is 2. The highest BCUT2D eigenvalue weighted by molar-refractivity contribution is 5.81. The van der Waals surface area contributed by atoms with E-state index in [1.807, 2.05) is 62.3 Å². The number of ether oxygens (including phenoxy) is 11. The molecule has 27 nitrogen and oxygen atoms in total. The predicted octanol–water partition coefficient (Wildman–Crippen LogP) is 16.2. The molecule has 0 fully saturated rings.